The number of aryl methyl sites for hydroxylation is 2. The van der Waals surface area contributed by atoms with Gasteiger partial charge < -0.3 is 16.0 Å². The van der Waals surface area contributed by atoms with Gasteiger partial charge in [-0.1, -0.05) is 25.1 Å². The summed E-state index contributed by atoms with van der Waals surface area (Å²) in [4.78, 5) is 11.9. The van der Waals surface area contributed by atoms with Gasteiger partial charge in [0.15, 0.2) is 0 Å². The average Bonchev–Trinajstić information content (AvgIpc) is 2.54. The van der Waals surface area contributed by atoms with Crippen LogP contribution < -0.4 is 16.0 Å². The van der Waals surface area contributed by atoms with Crippen molar-refractivity contribution < 1.29 is 4.79 Å². The summed E-state index contributed by atoms with van der Waals surface area (Å²) in [6.45, 7) is 5.03. The highest BCUT2D eigenvalue weighted by Gasteiger charge is 2.04. The van der Waals surface area contributed by atoms with Gasteiger partial charge >= 0.3 is 6.03 Å². The molecule has 0 saturated heterocycles. The van der Waals surface area contributed by atoms with Crippen molar-refractivity contribution in [2.24, 2.45) is 0 Å². The predicted molar refractivity (Wildman–Crippen MR) is 88.1 cm³/mol. The van der Waals surface area contributed by atoms with Crippen molar-refractivity contribution in [3.05, 3.63) is 47.7 Å². The molecule has 116 valence electrons. The zero-order chi connectivity index (χ0) is 15.8. The molecular weight excluding hydrogens is 278 g/mol. The molecule has 0 saturated carbocycles. The molecule has 3 N–H and O–H groups in total. The van der Waals surface area contributed by atoms with E-state index in [9.17, 15) is 4.79 Å². The van der Waals surface area contributed by atoms with Gasteiger partial charge in [-0.05, 0) is 37.1 Å². The van der Waals surface area contributed by atoms with E-state index in [1.807, 2.05) is 43.3 Å². The maximum absolute atomic E-state index is 11.9. The molecule has 0 aliphatic heterocycles. The fourth-order valence-electron chi connectivity index (χ4n) is 1.98. The molecule has 0 aliphatic rings. The number of nitrogens with zero attached hydrogens (tertiary/aromatic N) is 2. The van der Waals surface area contributed by atoms with Crippen molar-refractivity contribution >= 4 is 17.5 Å². The molecule has 1 aromatic heterocycles. The zero-order valence-corrected chi connectivity index (χ0v) is 12.9. The third-order valence-corrected chi connectivity index (χ3v) is 3.16. The summed E-state index contributed by atoms with van der Waals surface area (Å²) in [5.74, 6) is 0.698. The topological polar surface area (TPSA) is 78.9 Å². The molecule has 0 radical (unpaired) electrons. The van der Waals surface area contributed by atoms with Crippen molar-refractivity contribution in [2.45, 2.75) is 20.3 Å². The Morgan fingerprint density at radius 3 is 2.64 bits per heavy atom. The Balaban J connectivity index is 1.72. The number of hydrogen-bond donors (Lipinski definition) is 3. The highest BCUT2D eigenvalue weighted by molar-refractivity contribution is 5.90. The monoisotopic (exact) mass is 299 g/mol. The normalized spacial score (nSPS) is 10.1. The number of carbonyl (C=O) groups is 1. The molecule has 2 amide bonds. The highest BCUT2D eigenvalue weighted by Crippen LogP contribution is 2.14. The molecule has 0 aliphatic carbocycles. The molecule has 0 unspecified atom stereocenters. The quantitative estimate of drug-likeness (QED) is 0.716. The van der Waals surface area contributed by atoms with Crippen LogP contribution in [0.5, 0.6) is 0 Å². The first-order valence-corrected chi connectivity index (χ1v) is 7.36. The molecule has 0 spiro atoms. The van der Waals surface area contributed by atoms with Gasteiger partial charge in [-0.25, -0.2) is 4.79 Å². The lowest BCUT2D eigenvalue weighted by atomic mass is 10.1. The SMILES string of the molecule is CCc1ccccc1NC(=O)NCCNc1ccc(C)nn1. The van der Waals surface area contributed by atoms with Gasteiger partial charge in [-0.15, -0.1) is 5.10 Å². The molecule has 0 atom stereocenters. The summed E-state index contributed by atoms with van der Waals surface area (Å²) >= 11 is 0. The minimum atomic E-state index is -0.210. The van der Waals surface area contributed by atoms with E-state index in [4.69, 9.17) is 0 Å². The summed E-state index contributed by atoms with van der Waals surface area (Å²) in [6.07, 6.45) is 0.879. The number of amides is 2. The number of carbonyl (C=O) groups excluding carboxylic acids is 1. The number of nitrogens with one attached hydrogen (secondary N) is 3. The number of para-hydroxylation sites is 1. The zero-order valence-electron chi connectivity index (χ0n) is 12.9. The first-order chi connectivity index (χ1) is 10.7. The second-order valence-corrected chi connectivity index (χ2v) is 4.88. The second-order valence-electron chi connectivity index (χ2n) is 4.88. The summed E-state index contributed by atoms with van der Waals surface area (Å²) in [5.41, 5.74) is 2.84. The van der Waals surface area contributed by atoms with E-state index in [0.717, 1.165) is 23.4 Å². The van der Waals surface area contributed by atoms with Gasteiger partial charge in [-0.3, -0.25) is 0 Å². The average molecular weight is 299 g/mol. The number of rotatable bonds is 6. The van der Waals surface area contributed by atoms with Crippen LogP contribution in [0.3, 0.4) is 0 Å². The van der Waals surface area contributed by atoms with Crippen LogP contribution in [0, 0.1) is 6.92 Å². The molecule has 6 nitrogen and oxygen atoms in total. The molecular formula is C16H21N5O. The van der Waals surface area contributed by atoms with Gasteiger partial charge in [0.25, 0.3) is 0 Å². The van der Waals surface area contributed by atoms with Crippen LogP contribution in [0.4, 0.5) is 16.3 Å². The van der Waals surface area contributed by atoms with Gasteiger partial charge in [0.2, 0.25) is 0 Å². The van der Waals surface area contributed by atoms with Crippen LogP contribution in [0.15, 0.2) is 36.4 Å². The van der Waals surface area contributed by atoms with Crippen LogP contribution in [0.1, 0.15) is 18.2 Å². The summed E-state index contributed by atoms with van der Waals surface area (Å²) in [5, 5.41) is 16.7. The number of hydrogen-bond acceptors (Lipinski definition) is 4. The Bertz CT molecular complexity index is 612. The highest BCUT2D eigenvalue weighted by atomic mass is 16.2. The van der Waals surface area contributed by atoms with Gasteiger partial charge in [0.05, 0.1) is 5.69 Å². The van der Waals surface area contributed by atoms with Gasteiger partial charge in [-0.2, -0.15) is 5.10 Å². The summed E-state index contributed by atoms with van der Waals surface area (Å²) in [7, 11) is 0. The number of urea groups is 1. The number of aromatic nitrogens is 2. The Morgan fingerprint density at radius 2 is 1.91 bits per heavy atom. The summed E-state index contributed by atoms with van der Waals surface area (Å²) < 4.78 is 0. The van der Waals surface area contributed by atoms with Crippen molar-refractivity contribution in [2.75, 3.05) is 23.7 Å². The van der Waals surface area contributed by atoms with Crippen LogP contribution in [0.2, 0.25) is 0 Å². The fraction of sp³-hybridized carbons (Fsp3) is 0.312. The van der Waals surface area contributed by atoms with E-state index in [2.05, 4.69) is 33.1 Å². The third kappa shape index (κ3) is 4.73. The molecule has 0 fully saturated rings. The van der Waals surface area contributed by atoms with Crippen molar-refractivity contribution in [1.29, 1.82) is 0 Å². The molecule has 2 rings (SSSR count). The molecule has 2 aromatic rings. The first-order valence-electron chi connectivity index (χ1n) is 7.36. The minimum Gasteiger partial charge on any atom is -0.367 e. The predicted octanol–water partition coefficient (Wildman–Crippen LogP) is 2.58. The van der Waals surface area contributed by atoms with Crippen LogP contribution in [0.25, 0.3) is 0 Å². The van der Waals surface area contributed by atoms with Crippen molar-refractivity contribution in [1.82, 2.24) is 15.5 Å². The van der Waals surface area contributed by atoms with E-state index in [1.165, 1.54) is 0 Å². The van der Waals surface area contributed by atoms with Gasteiger partial charge in [0, 0.05) is 18.8 Å². The molecule has 1 aromatic carbocycles. The Labute approximate surface area is 130 Å². The maximum atomic E-state index is 11.9. The van der Waals surface area contributed by atoms with Gasteiger partial charge in [0.1, 0.15) is 5.82 Å². The Kier molecular flexibility index (Phi) is 5.71. The molecule has 22 heavy (non-hydrogen) atoms. The van der Waals surface area contributed by atoms with Crippen LogP contribution in [-0.4, -0.2) is 29.3 Å². The first kappa shape index (κ1) is 15.8. The van der Waals surface area contributed by atoms with E-state index < -0.39 is 0 Å². The Morgan fingerprint density at radius 1 is 1.09 bits per heavy atom. The Hall–Kier alpha value is -2.63. The lowest BCUT2D eigenvalue weighted by Crippen LogP contribution is -2.33. The maximum Gasteiger partial charge on any atom is 0.319 e. The third-order valence-electron chi connectivity index (χ3n) is 3.16. The molecule has 6 heteroatoms. The van der Waals surface area contributed by atoms with E-state index in [0.29, 0.717) is 18.9 Å². The standard InChI is InChI=1S/C16H21N5O/c1-3-13-6-4-5-7-14(13)19-16(22)18-11-10-17-15-9-8-12(2)20-21-15/h4-9H,3,10-11H2,1-2H3,(H,17,21)(H2,18,19,22). The number of benzene rings is 1. The lowest BCUT2D eigenvalue weighted by Gasteiger charge is -2.11. The van der Waals surface area contributed by atoms with Crippen LogP contribution >= 0.6 is 0 Å². The fourth-order valence-corrected chi connectivity index (χ4v) is 1.98. The van der Waals surface area contributed by atoms with Crippen LogP contribution in [-0.2, 0) is 6.42 Å². The number of anilines is 2. The molecule has 0 bridgehead atoms. The summed E-state index contributed by atoms with van der Waals surface area (Å²) in [6, 6.07) is 11.3. The van der Waals surface area contributed by atoms with Crippen molar-refractivity contribution in [3.8, 4) is 0 Å². The smallest absolute Gasteiger partial charge is 0.319 e. The second kappa shape index (κ2) is 7.97. The minimum absolute atomic E-state index is 0.210. The van der Waals surface area contributed by atoms with Crippen molar-refractivity contribution in [3.63, 3.8) is 0 Å². The largest absolute Gasteiger partial charge is 0.367 e. The lowest BCUT2D eigenvalue weighted by molar-refractivity contribution is 0.252. The van der Waals surface area contributed by atoms with E-state index in [1.54, 1.807) is 0 Å². The van der Waals surface area contributed by atoms with E-state index >= 15 is 0 Å². The van der Waals surface area contributed by atoms with E-state index in [-0.39, 0.29) is 6.03 Å². The molecule has 1 heterocycles.